The van der Waals surface area contributed by atoms with Crippen molar-refractivity contribution >= 4 is 11.9 Å². The Morgan fingerprint density at radius 2 is 1.94 bits per heavy atom. The maximum Gasteiger partial charge on any atom is 0.230 e. The maximum atomic E-state index is 4.43. The molecule has 2 aromatic heterocycles. The molecule has 0 saturated carbocycles. The first-order valence-electron chi connectivity index (χ1n) is 5.64. The molecule has 0 aromatic carbocycles. The Labute approximate surface area is 106 Å². The van der Waals surface area contributed by atoms with E-state index in [9.17, 15) is 0 Å². The summed E-state index contributed by atoms with van der Waals surface area (Å²) in [4.78, 5) is 19.1. The highest BCUT2D eigenvalue weighted by Gasteiger charge is 2.09. The molecule has 0 unspecified atom stereocenters. The first-order valence-corrected chi connectivity index (χ1v) is 5.64. The summed E-state index contributed by atoms with van der Waals surface area (Å²) in [6, 6.07) is 3.84. The van der Waals surface area contributed by atoms with Gasteiger partial charge in [-0.1, -0.05) is 0 Å². The summed E-state index contributed by atoms with van der Waals surface area (Å²) >= 11 is 0. The molecule has 0 radical (unpaired) electrons. The third-order valence-electron chi connectivity index (χ3n) is 2.40. The molecule has 0 spiro atoms. The Kier molecular flexibility index (Phi) is 3.36. The van der Waals surface area contributed by atoms with Crippen LogP contribution in [0.1, 0.15) is 5.69 Å². The van der Waals surface area contributed by atoms with Gasteiger partial charge < -0.3 is 10.2 Å². The minimum atomic E-state index is 0.554. The Balaban J connectivity index is 2.53. The van der Waals surface area contributed by atoms with E-state index < -0.39 is 0 Å². The number of nitrogens with zero attached hydrogens (tertiary/aromatic N) is 5. The fourth-order valence-electron chi connectivity index (χ4n) is 1.49. The minimum Gasteiger partial charge on any atom is -0.357 e. The highest BCUT2D eigenvalue weighted by Crippen LogP contribution is 2.18. The zero-order chi connectivity index (χ0) is 13.1. The third-order valence-corrected chi connectivity index (χ3v) is 2.40. The second-order valence-electron chi connectivity index (χ2n) is 4.11. The number of pyridine rings is 1. The van der Waals surface area contributed by atoms with Gasteiger partial charge in [0.05, 0.1) is 0 Å². The van der Waals surface area contributed by atoms with Crippen LogP contribution in [0.2, 0.25) is 0 Å². The van der Waals surface area contributed by atoms with E-state index in [1.54, 1.807) is 13.2 Å². The molecule has 0 bridgehead atoms. The molecule has 2 rings (SSSR count). The lowest BCUT2D eigenvalue weighted by atomic mass is 10.2. The van der Waals surface area contributed by atoms with Gasteiger partial charge in [0.2, 0.25) is 11.9 Å². The number of hydrogen-bond acceptors (Lipinski definition) is 6. The van der Waals surface area contributed by atoms with Gasteiger partial charge in [-0.3, -0.25) is 4.98 Å². The molecular weight excluding hydrogens is 228 g/mol. The summed E-state index contributed by atoms with van der Waals surface area (Å²) in [6.07, 6.45) is 1.75. The number of rotatable bonds is 3. The number of anilines is 2. The largest absolute Gasteiger partial charge is 0.357 e. The molecule has 0 amide bonds. The lowest BCUT2D eigenvalue weighted by Gasteiger charge is -2.12. The normalized spacial score (nSPS) is 10.2. The van der Waals surface area contributed by atoms with E-state index >= 15 is 0 Å². The first kappa shape index (κ1) is 12.2. The van der Waals surface area contributed by atoms with Gasteiger partial charge >= 0.3 is 0 Å². The second-order valence-corrected chi connectivity index (χ2v) is 4.11. The maximum absolute atomic E-state index is 4.43. The Hall–Kier alpha value is -2.24. The van der Waals surface area contributed by atoms with E-state index in [0.717, 1.165) is 11.3 Å². The SMILES string of the molecule is CNc1nc(-c2ccnc(C)c2)nc(N(C)C)n1. The van der Waals surface area contributed by atoms with Gasteiger partial charge in [-0.2, -0.15) is 15.0 Å². The second kappa shape index (κ2) is 4.95. The number of hydrogen-bond donors (Lipinski definition) is 1. The van der Waals surface area contributed by atoms with Gasteiger partial charge in [-0.25, -0.2) is 0 Å². The van der Waals surface area contributed by atoms with Gasteiger partial charge in [-0.15, -0.1) is 0 Å². The first-order chi connectivity index (χ1) is 8.60. The number of aromatic nitrogens is 4. The van der Waals surface area contributed by atoms with Crippen molar-refractivity contribution in [2.24, 2.45) is 0 Å². The molecule has 18 heavy (non-hydrogen) atoms. The van der Waals surface area contributed by atoms with Crippen molar-refractivity contribution < 1.29 is 0 Å². The van der Waals surface area contributed by atoms with Gasteiger partial charge in [0.15, 0.2) is 5.82 Å². The number of aryl methyl sites for hydroxylation is 1. The third kappa shape index (κ3) is 2.53. The van der Waals surface area contributed by atoms with Crippen LogP contribution in [0.25, 0.3) is 11.4 Å². The molecule has 94 valence electrons. The summed E-state index contributed by atoms with van der Waals surface area (Å²) < 4.78 is 0. The molecule has 0 fully saturated rings. The topological polar surface area (TPSA) is 66.8 Å². The van der Waals surface area contributed by atoms with Crippen molar-refractivity contribution in [3.8, 4) is 11.4 Å². The molecule has 2 aromatic rings. The van der Waals surface area contributed by atoms with E-state index in [-0.39, 0.29) is 0 Å². The van der Waals surface area contributed by atoms with Crippen LogP contribution >= 0.6 is 0 Å². The van der Waals surface area contributed by atoms with Crippen LogP contribution in [0.15, 0.2) is 18.3 Å². The average molecular weight is 244 g/mol. The standard InChI is InChI=1S/C12H16N6/c1-8-7-9(5-6-14-8)10-15-11(13-2)17-12(16-10)18(3)4/h5-7H,1-4H3,(H,13,15,16,17). The van der Waals surface area contributed by atoms with Crippen molar-refractivity contribution in [3.63, 3.8) is 0 Å². The Bertz CT molecular complexity index is 552. The van der Waals surface area contributed by atoms with Crippen molar-refractivity contribution in [1.29, 1.82) is 0 Å². The van der Waals surface area contributed by atoms with Gasteiger partial charge in [0.1, 0.15) is 0 Å². The summed E-state index contributed by atoms with van der Waals surface area (Å²) in [7, 11) is 5.59. The predicted molar refractivity (Wildman–Crippen MR) is 71.7 cm³/mol. The molecule has 0 aliphatic heterocycles. The Morgan fingerprint density at radius 1 is 1.17 bits per heavy atom. The van der Waals surface area contributed by atoms with E-state index in [1.807, 2.05) is 38.1 Å². The highest BCUT2D eigenvalue weighted by atomic mass is 15.3. The summed E-state index contributed by atoms with van der Waals surface area (Å²) in [5, 5.41) is 2.94. The molecule has 0 aliphatic rings. The van der Waals surface area contributed by atoms with E-state index in [2.05, 4.69) is 25.3 Å². The molecular formula is C12H16N6. The van der Waals surface area contributed by atoms with E-state index in [1.165, 1.54) is 0 Å². The van der Waals surface area contributed by atoms with Crippen LogP contribution in [0.3, 0.4) is 0 Å². The quantitative estimate of drug-likeness (QED) is 0.879. The van der Waals surface area contributed by atoms with E-state index in [4.69, 9.17) is 0 Å². The summed E-state index contributed by atoms with van der Waals surface area (Å²) in [5.41, 5.74) is 1.87. The highest BCUT2D eigenvalue weighted by molar-refractivity contribution is 5.58. The van der Waals surface area contributed by atoms with Crippen LogP contribution in [-0.2, 0) is 0 Å². The van der Waals surface area contributed by atoms with Crippen molar-refractivity contribution in [1.82, 2.24) is 19.9 Å². The molecule has 2 heterocycles. The fourth-order valence-corrected chi connectivity index (χ4v) is 1.49. The van der Waals surface area contributed by atoms with Crippen LogP contribution < -0.4 is 10.2 Å². The van der Waals surface area contributed by atoms with Crippen LogP contribution in [-0.4, -0.2) is 41.1 Å². The van der Waals surface area contributed by atoms with Gasteiger partial charge in [0.25, 0.3) is 0 Å². The smallest absolute Gasteiger partial charge is 0.230 e. The van der Waals surface area contributed by atoms with Gasteiger partial charge in [0, 0.05) is 38.6 Å². The number of nitrogens with one attached hydrogen (secondary N) is 1. The summed E-state index contributed by atoms with van der Waals surface area (Å²) in [5.74, 6) is 1.82. The zero-order valence-electron chi connectivity index (χ0n) is 11.0. The van der Waals surface area contributed by atoms with Crippen LogP contribution in [0.5, 0.6) is 0 Å². The van der Waals surface area contributed by atoms with Gasteiger partial charge in [-0.05, 0) is 19.1 Å². The average Bonchev–Trinajstić information content (AvgIpc) is 2.38. The van der Waals surface area contributed by atoms with Crippen LogP contribution in [0, 0.1) is 6.92 Å². The predicted octanol–water partition coefficient (Wildman–Crippen LogP) is 1.35. The zero-order valence-corrected chi connectivity index (χ0v) is 11.0. The molecule has 6 nitrogen and oxygen atoms in total. The lowest BCUT2D eigenvalue weighted by molar-refractivity contribution is 0.962. The van der Waals surface area contributed by atoms with Crippen LogP contribution in [0.4, 0.5) is 11.9 Å². The summed E-state index contributed by atoms with van der Waals surface area (Å²) in [6.45, 7) is 1.94. The minimum absolute atomic E-state index is 0.554. The van der Waals surface area contributed by atoms with Crippen molar-refractivity contribution in [2.45, 2.75) is 6.92 Å². The van der Waals surface area contributed by atoms with Crippen molar-refractivity contribution in [3.05, 3.63) is 24.0 Å². The van der Waals surface area contributed by atoms with E-state index in [0.29, 0.717) is 17.7 Å². The molecule has 0 saturated heterocycles. The lowest BCUT2D eigenvalue weighted by Crippen LogP contribution is -2.15. The monoisotopic (exact) mass is 244 g/mol. The molecule has 1 N–H and O–H groups in total. The Morgan fingerprint density at radius 3 is 2.56 bits per heavy atom. The molecule has 0 atom stereocenters. The van der Waals surface area contributed by atoms with Crippen molar-refractivity contribution in [2.75, 3.05) is 31.4 Å². The molecule has 0 aliphatic carbocycles. The molecule has 6 heteroatoms. The fraction of sp³-hybridized carbons (Fsp3) is 0.333.